The van der Waals surface area contributed by atoms with Crippen molar-refractivity contribution in [1.82, 2.24) is 15.5 Å². The molecule has 1 saturated heterocycles. The third kappa shape index (κ3) is 6.23. The fourth-order valence-electron chi connectivity index (χ4n) is 3.92. The molecule has 0 unspecified atom stereocenters. The third-order valence-corrected chi connectivity index (χ3v) is 5.95. The zero-order chi connectivity index (χ0) is 21.4. The summed E-state index contributed by atoms with van der Waals surface area (Å²) in [6.45, 7) is 8.54. The predicted octanol–water partition coefficient (Wildman–Crippen LogP) is 3.80. The molecule has 0 bridgehead atoms. The summed E-state index contributed by atoms with van der Waals surface area (Å²) in [5.41, 5.74) is 2.60. The van der Waals surface area contributed by atoms with Gasteiger partial charge in [-0.2, -0.15) is 0 Å². The lowest BCUT2D eigenvalue weighted by Gasteiger charge is -2.34. The molecule has 0 saturated carbocycles. The Kier molecular flexibility index (Phi) is 7.75. The van der Waals surface area contributed by atoms with E-state index >= 15 is 0 Å². The third-order valence-electron chi connectivity index (χ3n) is 5.95. The van der Waals surface area contributed by atoms with Crippen LogP contribution in [0, 0.1) is 0 Å². The lowest BCUT2D eigenvalue weighted by Crippen LogP contribution is -2.50. The minimum Gasteiger partial charge on any atom is -0.497 e. The van der Waals surface area contributed by atoms with Crippen LogP contribution in [0.1, 0.15) is 37.8 Å². The molecule has 2 aromatic carbocycles. The zero-order valence-corrected chi connectivity index (χ0v) is 18.8. The van der Waals surface area contributed by atoms with Crippen LogP contribution in [0.15, 0.2) is 59.6 Å². The van der Waals surface area contributed by atoms with Gasteiger partial charge in [0.25, 0.3) is 0 Å². The van der Waals surface area contributed by atoms with Gasteiger partial charge in [-0.05, 0) is 36.1 Å². The molecule has 0 aromatic heterocycles. The second-order valence-corrected chi connectivity index (χ2v) is 8.72. The molecule has 1 aliphatic rings. The predicted molar refractivity (Wildman–Crippen MR) is 125 cm³/mol. The normalized spacial score (nSPS) is 16.3. The van der Waals surface area contributed by atoms with E-state index in [-0.39, 0.29) is 5.41 Å². The van der Waals surface area contributed by atoms with Gasteiger partial charge in [0.05, 0.1) is 7.11 Å². The average molecular weight is 409 g/mol. The molecule has 1 heterocycles. The van der Waals surface area contributed by atoms with Crippen molar-refractivity contribution in [2.75, 3.05) is 33.8 Å². The van der Waals surface area contributed by atoms with Crippen molar-refractivity contribution in [3.8, 4) is 5.75 Å². The molecule has 2 N–H and O–H groups in total. The van der Waals surface area contributed by atoms with E-state index in [0.717, 1.165) is 50.7 Å². The number of hydrogen-bond donors (Lipinski definition) is 2. The van der Waals surface area contributed by atoms with Crippen LogP contribution in [0.2, 0.25) is 0 Å². The maximum atomic E-state index is 5.38. The average Bonchev–Trinajstić information content (AvgIpc) is 2.78. The van der Waals surface area contributed by atoms with Crippen molar-refractivity contribution in [3.05, 3.63) is 65.7 Å². The molecule has 3 rings (SSSR count). The van der Waals surface area contributed by atoms with Crippen molar-refractivity contribution in [1.29, 1.82) is 0 Å². The molecule has 0 atom stereocenters. The highest BCUT2D eigenvalue weighted by Crippen LogP contribution is 2.25. The molecule has 5 heteroatoms. The maximum Gasteiger partial charge on any atom is 0.191 e. The molecule has 30 heavy (non-hydrogen) atoms. The Hall–Kier alpha value is -2.53. The number of likely N-dealkylation sites (tertiary alicyclic amines) is 1. The molecule has 0 spiro atoms. The monoisotopic (exact) mass is 408 g/mol. The lowest BCUT2D eigenvalue weighted by molar-refractivity contribution is 0.198. The van der Waals surface area contributed by atoms with Gasteiger partial charge in [-0.1, -0.05) is 56.3 Å². The molecule has 1 aliphatic heterocycles. The first kappa shape index (κ1) is 22.2. The van der Waals surface area contributed by atoms with E-state index in [1.807, 2.05) is 19.2 Å². The Balaban J connectivity index is 1.47. The summed E-state index contributed by atoms with van der Waals surface area (Å²) >= 11 is 0. The number of piperidine rings is 1. The highest BCUT2D eigenvalue weighted by molar-refractivity contribution is 5.80. The fraction of sp³-hybridized carbons (Fsp3) is 0.480. The highest BCUT2D eigenvalue weighted by Gasteiger charge is 2.23. The van der Waals surface area contributed by atoms with Gasteiger partial charge in [0.1, 0.15) is 5.75 Å². The number of methoxy groups -OCH3 is 1. The number of nitrogens with one attached hydrogen (secondary N) is 2. The number of nitrogens with zero attached hydrogens (tertiary/aromatic N) is 2. The summed E-state index contributed by atoms with van der Waals surface area (Å²) < 4.78 is 5.38. The van der Waals surface area contributed by atoms with Gasteiger partial charge in [-0.25, -0.2) is 0 Å². The zero-order valence-electron chi connectivity index (χ0n) is 18.8. The molecule has 0 aliphatic carbocycles. The summed E-state index contributed by atoms with van der Waals surface area (Å²) in [7, 11) is 3.56. The molecule has 0 amide bonds. The van der Waals surface area contributed by atoms with Crippen LogP contribution in [0.4, 0.5) is 0 Å². The van der Waals surface area contributed by atoms with Crippen LogP contribution < -0.4 is 15.4 Å². The van der Waals surface area contributed by atoms with Crippen LogP contribution >= 0.6 is 0 Å². The molecular weight excluding hydrogens is 372 g/mol. The van der Waals surface area contributed by atoms with Gasteiger partial charge >= 0.3 is 0 Å². The van der Waals surface area contributed by atoms with E-state index < -0.39 is 0 Å². The van der Waals surface area contributed by atoms with Crippen molar-refractivity contribution in [2.24, 2.45) is 4.99 Å². The largest absolute Gasteiger partial charge is 0.497 e. The molecular formula is C25H36N4O. The topological polar surface area (TPSA) is 48.9 Å². The summed E-state index contributed by atoms with van der Waals surface area (Å²) in [5.74, 6) is 1.78. The number of benzene rings is 2. The molecule has 162 valence electrons. The first-order valence-corrected chi connectivity index (χ1v) is 10.9. The van der Waals surface area contributed by atoms with Crippen molar-refractivity contribution >= 4 is 5.96 Å². The maximum absolute atomic E-state index is 5.38. The van der Waals surface area contributed by atoms with E-state index in [9.17, 15) is 0 Å². The highest BCUT2D eigenvalue weighted by atomic mass is 16.5. The van der Waals surface area contributed by atoms with E-state index in [4.69, 9.17) is 4.74 Å². The van der Waals surface area contributed by atoms with Gasteiger partial charge in [-0.15, -0.1) is 0 Å². The molecule has 2 aromatic rings. The summed E-state index contributed by atoms with van der Waals surface area (Å²) in [6, 6.07) is 19.5. The van der Waals surface area contributed by atoms with Gasteiger partial charge in [0.2, 0.25) is 0 Å². The number of hydrogen-bond acceptors (Lipinski definition) is 3. The minimum atomic E-state index is -0.0365. The van der Waals surface area contributed by atoms with Crippen LogP contribution in [-0.2, 0) is 12.0 Å². The minimum absolute atomic E-state index is 0.0365. The van der Waals surface area contributed by atoms with Crippen molar-refractivity contribution in [3.63, 3.8) is 0 Å². The second-order valence-electron chi connectivity index (χ2n) is 8.72. The van der Waals surface area contributed by atoms with E-state index in [1.165, 1.54) is 11.1 Å². The standard InChI is InChI=1S/C25H36N4O/c1-25(2,21-11-8-12-23(17-21)30-4)19-27-24(26-3)28-22-13-15-29(16-14-22)18-20-9-6-5-7-10-20/h5-12,17,22H,13-16,18-19H2,1-4H3,(H2,26,27,28). The quantitative estimate of drug-likeness (QED) is 0.540. The number of guanidine groups is 1. The molecule has 5 nitrogen and oxygen atoms in total. The first-order valence-electron chi connectivity index (χ1n) is 10.9. The summed E-state index contributed by atoms with van der Waals surface area (Å²) in [4.78, 5) is 6.99. The fourth-order valence-corrected chi connectivity index (χ4v) is 3.92. The summed E-state index contributed by atoms with van der Waals surface area (Å²) in [5, 5.41) is 7.15. The molecule has 1 fully saturated rings. The second kappa shape index (κ2) is 10.5. The number of aliphatic imine (C=N–C) groups is 1. The molecule has 0 radical (unpaired) electrons. The SMILES string of the molecule is CN=C(NCC(C)(C)c1cccc(OC)c1)NC1CCN(Cc2ccccc2)CC1. The van der Waals surface area contributed by atoms with Gasteiger partial charge in [0, 0.05) is 44.7 Å². The first-order chi connectivity index (χ1) is 14.5. The Morgan fingerprint density at radius 3 is 2.50 bits per heavy atom. The Labute approximate surface area is 181 Å². The van der Waals surface area contributed by atoms with Gasteiger partial charge < -0.3 is 15.4 Å². The van der Waals surface area contributed by atoms with Crippen LogP contribution in [0.25, 0.3) is 0 Å². The van der Waals surface area contributed by atoms with Crippen LogP contribution in [0.3, 0.4) is 0 Å². The van der Waals surface area contributed by atoms with Gasteiger partial charge in [0.15, 0.2) is 5.96 Å². The lowest BCUT2D eigenvalue weighted by atomic mass is 9.84. The van der Waals surface area contributed by atoms with E-state index in [2.05, 4.69) is 76.8 Å². The van der Waals surface area contributed by atoms with Crippen LogP contribution in [-0.4, -0.2) is 50.7 Å². The Morgan fingerprint density at radius 2 is 1.83 bits per heavy atom. The van der Waals surface area contributed by atoms with E-state index in [1.54, 1.807) is 7.11 Å². The van der Waals surface area contributed by atoms with Crippen molar-refractivity contribution < 1.29 is 4.74 Å². The smallest absolute Gasteiger partial charge is 0.191 e. The van der Waals surface area contributed by atoms with Crippen LogP contribution in [0.5, 0.6) is 5.75 Å². The number of rotatable bonds is 7. The van der Waals surface area contributed by atoms with Gasteiger partial charge in [-0.3, -0.25) is 9.89 Å². The Bertz CT molecular complexity index is 811. The summed E-state index contributed by atoms with van der Waals surface area (Å²) in [6.07, 6.45) is 2.26. The number of ether oxygens (including phenoxy) is 1. The van der Waals surface area contributed by atoms with E-state index in [0.29, 0.717) is 6.04 Å². The Morgan fingerprint density at radius 1 is 1.10 bits per heavy atom. The van der Waals surface area contributed by atoms with Crippen molar-refractivity contribution in [2.45, 2.75) is 44.7 Å².